The smallest absolute Gasteiger partial charge is 0.254 e. The molecule has 0 amide bonds. The van der Waals surface area contributed by atoms with Gasteiger partial charge in [-0.1, -0.05) is 0 Å². The molecule has 0 aromatic carbocycles. The van der Waals surface area contributed by atoms with Crippen LogP contribution in [0.5, 0.6) is 0 Å². The summed E-state index contributed by atoms with van der Waals surface area (Å²) >= 11 is 0. The Kier molecular flexibility index (Phi) is 3.59. The van der Waals surface area contributed by atoms with Crippen LogP contribution in [0.2, 0.25) is 0 Å². The molecule has 3 heterocycles. The summed E-state index contributed by atoms with van der Waals surface area (Å²) < 4.78 is 1.75. The lowest BCUT2D eigenvalue weighted by Crippen LogP contribution is -2.22. The van der Waals surface area contributed by atoms with Crippen LogP contribution in [0.1, 0.15) is 25.0 Å². The summed E-state index contributed by atoms with van der Waals surface area (Å²) in [7, 11) is 0. The molecule has 0 spiro atoms. The number of fused-ring (bicyclic) bond motifs is 1. The zero-order valence-corrected chi connectivity index (χ0v) is 11.3. The maximum atomic E-state index is 4.33. The highest BCUT2D eigenvalue weighted by Crippen LogP contribution is 2.11. The fourth-order valence-electron chi connectivity index (χ4n) is 2.58. The van der Waals surface area contributed by atoms with Crippen molar-refractivity contribution >= 4 is 11.6 Å². The highest BCUT2D eigenvalue weighted by molar-refractivity contribution is 5.44. The van der Waals surface area contributed by atoms with Gasteiger partial charge in [0.25, 0.3) is 5.78 Å². The molecule has 2 aromatic heterocycles. The Bertz CT molecular complexity index is 543. The molecule has 102 valence electrons. The first-order valence-corrected chi connectivity index (χ1v) is 6.96. The number of hydrogen-bond acceptors (Lipinski definition) is 5. The van der Waals surface area contributed by atoms with Gasteiger partial charge in [-0.15, -0.1) is 0 Å². The summed E-state index contributed by atoms with van der Waals surface area (Å²) in [4.78, 5) is 11.0. The third-order valence-corrected chi connectivity index (χ3v) is 3.54. The molecule has 6 heteroatoms. The van der Waals surface area contributed by atoms with Gasteiger partial charge < -0.3 is 10.2 Å². The Morgan fingerprint density at radius 3 is 3.00 bits per heavy atom. The van der Waals surface area contributed by atoms with Crippen molar-refractivity contribution in [2.45, 2.75) is 26.2 Å². The number of hydrogen-bond donors (Lipinski definition) is 1. The highest BCUT2D eigenvalue weighted by atomic mass is 15.3. The third kappa shape index (κ3) is 2.84. The van der Waals surface area contributed by atoms with Crippen molar-refractivity contribution < 1.29 is 0 Å². The van der Waals surface area contributed by atoms with Crippen LogP contribution in [-0.2, 0) is 0 Å². The van der Waals surface area contributed by atoms with Crippen molar-refractivity contribution in [2.24, 2.45) is 0 Å². The lowest BCUT2D eigenvalue weighted by atomic mass is 10.3. The molecule has 1 fully saturated rings. The predicted molar refractivity (Wildman–Crippen MR) is 74.3 cm³/mol. The van der Waals surface area contributed by atoms with Crippen LogP contribution in [0, 0.1) is 6.92 Å². The minimum atomic E-state index is 0.655. The zero-order valence-electron chi connectivity index (χ0n) is 11.3. The highest BCUT2D eigenvalue weighted by Gasteiger charge is 2.10. The Labute approximate surface area is 112 Å². The fraction of sp³-hybridized carbons (Fsp3) is 0.615. The van der Waals surface area contributed by atoms with Crippen LogP contribution in [0.25, 0.3) is 5.78 Å². The number of nitrogens with zero attached hydrogens (tertiary/aromatic N) is 5. The molecule has 0 atom stereocenters. The second-order valence-electron chi connectivity index (χ2n) is 5.08. The van der Waals surface area contributed by atoms with Crippen LogP contribution < -0.4 is 5.32 Å². The molecule has 3 rings (SSSR count). The van der Waals surface area contributed by atoms with E-state index in [9.17, 15) is 0 Å². The Morgan fingerprint density at radius 2 is 2.16 bits per heavy atom. The molecule has 0 saturated carbocycles. The van der Waals surface area contributed by atoms with Crippen molar-refractivity contribution in [1.29, 1.82) is 0 Å². The third-order valence-electron chi connectivity index (χ3n) is 3.54. The van der Waals surface area contributed by atoms with E-state index in [1.165, 1.54) is 38.8 Å². The van der Waals surface area contributed by atoms with E-state index in [0.29, 0.717) is 5.78 Å². The SMILES string of the molecule is Cc1cc(NCCCN2CCCC2)n2ncnc2n1. The summed E-state index contributed by atoms with van der Waals surface area (Å²) in [6, 6.07) is 2.01. The first kappa shape index (κ1) is 12.3. The van der Waals surface area contributed by atoms with Gasteiger partial charge in [0.2, 0.25) is 0 Å². The van der Waals surface area contributed by atoms with E-state index in [4.69, 9.17) is 0 Å². The zero-order chi connectivity index (χ0) is 13.1. The van der Waals surface area contributed by atoms with E-state index in [-0.39, 0.29) is 0 Å². The normalized spacial score (nSPS) is 16.3. The van der Waals surface area contributed by atoms with Crippen LogP contribution >= 0.6 is 0 Å². The topological polar surface area (TPSA) is 58.4 Å². The van der Waals surface area contributed by atoms with Crippen molar-refractivity contribution in [3.63, 3.8) is 0 Å². The molecular formula is C13H20N6. The number of nitrogens with one attached hydrogen (secondary N) is 1. The molecule has 0 radical (unpaired) electrons. The van der Waals surface area contributed by atoms with Gasteiger partial charge in [-0.05, 0) is 45.8 Å². The largest absolute Gasteiger partial charge is 0.370 e. The molecule has 1 aliphatic rings. The van der Waals surface area contributed by atoms with E-state index in [1.54, 1.807) is 4.52 Å². The summed E-state index contributed by atoms with van der Waals surface area (Å²) in [5.41, 5.74) is 0.961. The first-order chi connectivity index (χ1) is 9.33. The van der Waals surface area contributed by atoms with Crippen LogP contribution in [0.15, 0.2) is 12.4 Å². The van der Waals surface area contributed by atoms with E-state index < -0.39 is 0 Å². The second kappa shape index (κ2) is 5.52. The fourth-order valence-corrected chi connectivity index (χ4v) is 2.58. The average molecular weight is 260 g/mol. The standard InChI is InChI=1S/C13H20N6/c1-11-9-12(19-13(17-11)15-10-16-19)14-5-4-8-18-6-2-3-7-18/h9-10,14H,2-8H2,1H3. The van der Waals surface area contributed by atoms with Gasteiger partial charge in [-0.2, -0.15) is 14.6 Å². The van der Waals surface area contributed by atoms with Gasteiger partial charge in [0.1, 0.15) is 12.1 Å². The van der Waals surface area contributed by atoms with Crippen LogP contribution in [-0.4, -0.2) is 50.7 Å². The Morgan fingerprint density at radius 1 is 1.32 bits per heavy atom. The quantitative estimate of drug-likeness (QED) is 0.822. The van der Waals surface area contributed by atoms with Gasteiger partial charge in [-0.25, -0.2) is 4.98 Å². The number of anilines is 1. The van der Waals surface area contributed by atoms with Crippen LogP contribution in [0.3, 0.4) is 0 Å². The molecule has 19 heavy (non-hydrogen) atoms. The van der Waals surface area contributed by atoms with E-state index >= 15 is 0 Å². The molecule has 0 unspecified atom stereocenters. The van der Waals surface area contributed by atoms with Crippen molar-refractivity contribution in [3.8, 4) is 0 Å². The maximum Gasteiger partial charge on any atom is 0.254 e. The van der Waals surface area contributed by atoms with E-state index in [0.717, 1.165) is 24.5 Å². The minimum absolute atomic E-state index is 0.655. The molecule has 0 bridgehead atoms. The molecule has 6 nitrogen and oxygen atoms in total. The van der Waals surface area contributed by atoms with Gasteiger partial charge in [0.15, 0.2) is 0 Å². The molecule has 0 aliphatic carbocycles. The summed E-state index contributed by atoms with van der Waals surface area (Å²) in [6.45, 7) is 6.64. The van der Waals surface area contributed by atoms with Gasteiger partial charge in [0, 0.05) is 18.3 Å². The van der Waals surface area contributed by atoms with Gasteiger partial charge >= 0.3 is 0 Å². The maximum absolute atomic E-state index is 4.33. The van der Waals surface area contributed by atoms with Crippen molar-refractivity contribution in [3.05, 3.63) is 18.1 Å². The molecule has 2 aromatic rings. The first-order valence-electron chi connectivity index (χ1n) is 6.96. The number of likely N-dealkylation sites (tertiary alicyclic amines) is 1. The lowest BCUT2D eigenvalue weighted by Gasteiger charge is -2.15. The number of aryl methyl sites for hydroxylation is 1. The number of aromatic nitrogens is 4. The molecular weight excluding hydrogens is 240 g/mol. The van der Waals surface area contributed by atoms with Gasteiger partial charge in [0.05, 0.1) is 0 Å². The summed E-state index contributed by atoms with van der Waals surface area (Å²) in [5, 5.41) is 7.62. The summed E-state index contributed by atoms with van der Waals surface area (Å²) in [5.74, 6) is 1.63. The predicted octanol–water partition coefficient (Wildman–Crippen LogP) is 1.33. The molecule has 1 aliphatic heterocycles. The van der Waals surface area contributed by atoms with E-state index in [2.05, 4.69) is 25.3 Å². The minimum Gasteiger partial charge on any atom is -0.370 e. The van der Waals surface area contributed by atoms with Gasteiger partial charge in [-0.3, -0.25) is 0 Å². The van der Waals surface area contributed by atoms with Crippen molar-refractivity contribution in [1.82, 2.24) is 24.5 Å². The molecule has 1 N–H and O–H groups in total. The molecule has 1 saturated heterocycles. The lowest BCUT2D eigenvalue weighted by molar-refractivity contribution is 0.337. The monoisotopic (exact) mass is 260 g/mol. The Hall–Kier alpha value is -1.69. The van der Waals surface area contributed by atoms with Crippen LogP contribution in [0.4, 0.5) is 5.82 Å². The average Bonchev–Trinajstić information content (AvgIpc) is 3.04. The Balaban J connectivity index is 1.57. The van der Waals surface area contributed by atoms with Crippen molar-refractivity contribution in [2.75, 3.05) is 31.5 Å². The number of rotatable bonds is 5. The van der Waals surface area contributed by atoms with E-state index in [1.807, 2.05) is 13.0 Å². The summed E-state index contributed by atoms with van der Waals surface area (Å²) in [6.07, 6.45) is 5.40. The second-order valence-corrected chi connectivity index (χ2v) is 5.08.